The molecule has 0 N–H and O–H groups in total. The molecule has 0 bridgehead atoms. The molecule has 0 unspecified atom stereocenters. The number of hydrogen-bond donors (Lipinski definition) is 0. The van der Waals surface area contributed by atoms with Gasteiger partial charge in [-0.05, 0) is 25.2 Å². The van der Waals surface area contributed by atoms with Crippen LogP contribution in [0.2, 0.25) is 0 Å². The second-order valence-corrected chi connectivity index (χ2v) is 11.1. The summed E-state index contributed by atoms with van der Waals surface area (Å²) < 4.78 is 39.0. The Labute approximate surface area is 217 Å². The fourth-order valence-electron chi connectivity index (χ4n) is 3.94. The largest absolute Gasteiger partial charge is 0.473 e. The molecule has 2 aromatic heterocycles. The van der Waals surface area contributed by atoms with Crippen molar-refractivity contribution in [1.82, 2.24) is 24.2 Å². The molecule has 196 valence electrons. The number of hydrogen-bond acceptors (Lipinski definition) is 10. The zero-order valence-electron chi connectivity index (χ0n) is 21.2. The molecular formula is C25H31N7O4S. The van der Waals surface area contributed by atoms with Crippen LogP contribution in [-0.4, -0.2) is 105 Å². The highest BCUT2D eigenvalue weighted by molar-refractivity contribution is 7.89. The molecule has 1 saturated heterocycles. The fourth-order valence-corrected chi connectivity index (χ4v) is 5.49. The summed E-state index contributed by atoms with van der Waals surface area (Å²) >= 11 is 0. The molecule has 1 aliphatic rings. The average molecular weight is 526 g/mol. The lowest BCUT2D eigenvalue weighted by atomic mass is 10.1. The minimum atomic E-state index is -3.49. The summed E-state index contributed by atoms with van der Waals surface area (Å²) in [6.07, 6.45) is 2.74. The van der Waals surface area contributed by atoms with Gasteiger partial charge in [-0.2, -0.15) is 9.57 Å². The van der Waals surface area contributed by atoms with E-state index in [9.17, 15) is 8.42 Å². The van der Waals surface area contributed by atoms with Crippen LogP contribution in [0.1, 0.15) is 0 Å². The molecule has 0 saturated carbocycles. The van der Waals surface area contributed by atoms with Gasteiger partial charge in [-0.1, -0.05) is 12.1 Å². The van der Waals surface area contributed by atoms with Crippen molar-refractivity contribution in [2.45, 2.75) is 6.10 Å². The smallest absolute Gasteiger partial charge is 0.242 e. The highest BCUT2D eigenvalue weighted by Gasteiger charge is 2.30. The Morgan fingerprint density at radius 1 is 1.19 bits per heavy atom. The Balaban J connectivity index is 1.48. The summed E-state index contributed by atoms with van der Waals surface area (Å²) in [6.45, 7) is 1.31. The first-order valence-corrected chi connectivity index (χ1v) is 13.5. The van der Waals surface area contributed by atoms with E-state index in [1.54, 1.807) is 24.3 Å². The molecule has 1 aliphatic heterocycles. The summed E-state index contributed by atoms with van der Waals surface area (Å²) in [5.41, 5.74) is 3.86. The highest BCUT2D eigenvalue weighted by atomic mass is 32.2. The molecule has 12 heteroatoms. The maximum absolute atomic E-state index is 12.8. The first-order valence-electron chi connectivity index (χ1n) is 11.9. The first-order chi connectivity index (χ1) is 17.8. The Kier molecular flexibility index (Phi) is 8.50. The fraction of sp³-hybridized carbons (Fsp3) is 0.440. The summed E-state index contributed by atoms with van der Waals surface area (Å²) in [5.74, 6) is 0.258. The number of rotatable bonds is 10. The van der Waals surface area contributed by atoms with E-state index in [1.807, 2.05) is 55.4 Å². The van der Waals surface area contributed by atoms with Crippen molar-refractivity contribution < 1.29 is 17.9 Å². The molecule has 1 atom stereocenters. The van der Waals surface area contributed by atoms with Crippen molar-refractivity contribution in [1.29, 1.82) is 5.26 Å². The van der Waals surface area contributed by atoms with Gasteiger partial charge in [0.15, 0.2) is 5.52 Å². The Morgan fingerprint density at radius 3 is 2.68 bits per heavy atom. The number of nitrogens with zero attached hydrogens (tertiary/aromatic N) is 7. The number of pyridine rings is 1. The van der Waals surface area contributed by atoms with Crippen molar-refractivity contribution in [2.24, 2.45) is 0 Å². The van der Waals surface area contributed by atoms with Crippen LogP contribution in [0.4, 0.5) is 5.69 Å². The summed E-state index contributed by atoms with van der Waals surface area (Å²) in [5, 5.41) is 8.78. The lowest BCUT2D eigenvalue weighted by Gasteiger charge is -2.32. The number of fused-ring (bicyclic) bond motifs is 1. The van der Waals surface area contributed by atoms with Crippen molar-refractivity contribution in [3.8, 4) is 23.2 Å². The van der Waals surface area contributed by atoms with E-state index in [0.717, 1.165) is 11.3 Å². The van der Waals surface area contributed by atoms with Crippen LogP contribution in [0.3, 0.4) is 0 Å². The number of aromatic nitrogens is 3. The van der Waals surface area contributed by atoms with Crippen molar-refractivity contribution in [3.63, 3.8) is 0 Å². The molecule has 3 aromatic rings. The van der Waals surface area contributed by atoms with Gasteiger partial charge in [-0.15, -0.1) is 0 Å². The third kappa shape index (κ3) is 6.69. The maximum Gasteiger partial charge on any atom is 0.242 e. The third-order valence-electron chi connectivity index (χ3n) is 6.08. The number of morpholine rings is 1. The number of benzene rings is 1. The van der Waals surface area contributed by atoms with Crippen LogP contribution in [0.15, 0.2) is 42.7 Å². The summed E-state index contributed by atoms with van der Waals surface area (Å²) in [7, 11) is 2.20. The molecule has 0 aliphatic carbocycles. The molecule has 37 heavy (non-hydrogen) atoms. The van der Waals surface area contributed by atoms with Gasteiger partial charge in [0.05, 0.1) is 36.2 Å². The lowest BCUT2D eigenvalue weighted by Crippen LogP contribution is -2.49. The molecular weight excluding hydrogens is 494 g/mol. The Morgan fingerprint density at radius 2 is 1.95 bits per heavy atom. The van der Waals surface area contributed by atoms with Gasteiger partial charge >= 0.3 is 0 Å². The minimum absolute atomic E-state index is 0.0603. The van der Waals surface area contributed by atoms with Crippen molar-refractivity contribution in [2.75, 3.05) is 71.2 Å². The van der Waals surface area contributed by atoms with E-state index in [2.05, 4.69) is 9.97 Å². The van der Waals surface area contributed by atoms with Gasteiger partial charge in [-0.25, -0.2) is 18.4 Å². The van der Waals surface area contributed by atoms with E-state index >= 15 is 0 Å². The van der Waals surface area contributed by atoms with Gasteiger partial charge < -0.3 is 14.4 Å². The van der Waals surface area contributed by atoms with E-state index in [1.165, 1.54) is 4.31 Å². The molecule has 1 fully saturated rings. The topological polar surface area (TPSA) is 125 Å². The van der Waals surface area contributed by atoms with Crippen LogP contribution >= 0.6 is 0 Å². The molecule has 0 radical (unpaired) electrons. The normalized spacial score (nSPS) is 16.6. The lowest BCUT2D eigenvalue weighted by molar-refractivity contribution is -0.0254. The average Bonchev–Trinajstić information content (AvgIpc) is 2.91. The van der Waals surface area contributed by atoms with E-state index in [0.29, 0.717) is 22.6 Å². The van der Waals surface area contributed by atoms with Gasteiger partial charge in [-0.3, -0.25) is 9.88 Å². The number of nitriles is 1. The molecule has 4 rings (SSSR count). The van der Waals surface area contributed by atoms with Crippen molar-refractivity contribution >= 4 is 26.7 Å². The van der Waals surface area contributed by atoms with Gasteiger partial charge in [0.2, 0.25) is 15.9 Å². The maximum atomic E-state index is 12.8. The van der Waals surface area contributed by atoms with Crippen LogP contribution in [0, 0.1) is 11.3 Å². The monoisotopic (exact) mass is 525 g/mol. The third-order valence-corrected chi connectivity index (χ3v) is 7.89. The minimum Gasteiger partial charge on any atom is -0.473 e. The second-order valence-electron chi connectivity index (χ2n) is 9.05. The van der Waals surface area contributed by atoms with Gasteiger partial charge in [0, 0.05) is 57.4 Å². The van der Waals surface area contributed by atoms with Crippen LogP contribution in [-0.2, 0) is 14.8 Å². The molecule has 11 nitrogen and oxygen atoms in total. The Hall–Kier alpha value is -3.37. The summed E-state index contributed by atoms with van der Waals surface area (Å²) in [4.78, 5) is 17.2. The summed E-state index contributed by atoms with van der Waals surface area (Å²) in [6, 6.07) is 11.9. The molecule has 0 spiro atoms. The quantitative estimate of drug-likeness (QED) is 0.361. The zero-order valence-corrected chi connectivity index (χ0v) is 22.1. The van der Waals surface area contributed by atoms with Crippen LogP contribution in [0.5, 0.6) is 5.88 Å². The van der Waals surface area contributed by atoms with E-state index in [4.69, 9.17) is 19.7 Å². The zero-order chi connectivity index (χ0) is 26.4. The second kappa shape index (κ2) is 11.8. The standard InChI is InChI=1S/C25H31N7O4S/c1-30(2)20-6-4-19(5-7-20)22-16-23-24(28-10-9-27-23)25(29-22)36-18-21-17-32(12-14-35-21)37(33,34)15-13-31(3)11-8-26/h4-7,9-10,16,21H,11-15,17-18H2,1-3H3/t21-/m0/s1. The predicted octanol–water partition coefficient (Wildman–Crippen LogP) is 1.62. The SMILES string of the molecule is CN(CC#N)CCS(=O)(=O)N1CCO[C@H](COc2nc(-c3ccc(N(C)C)cc3)cc3nccnc23)C1. The molecule has 0 amide bonds. The highest BCUT2D eigenvalue weighted by Crippen LogP contribution is 2.28. The number of anilines is 1. The van der Waals surface area contributed by atoms with Crippen LogP contribution < -0.4 is 9.64 Å². The number of ether oxygens (including phenoxy) is 2. The molecule has 3 heterocycles. The van der Waals surface area contributed by atoms with Crippen molar-refractivity contribution in [3.05, 3.63) is 42.7 Å². The Bertz CT molecular complexity index is 1360. The number of sulfonamides is 1. The first kappa shape index (κ1) is 26.7. The van der Waals surface area contributed by atoms with Crippen LogP contribution in [0.25, 0.3) is 22.3 Å². The van der Waals surface area contributed by atoms with E-state index < -0.39 is 16.1 Å². The van der Waals surface area contributed by atoms with Gasteiger partial charge in [0.25, 0.3) is 0 Å². The van der Waals surface area contributed by atoms with E-state index in [-0.39, 0.29) is 45.1 Å². The molecule has 1 aromatic carbocycles. The predicted molar refractivity (Wildman–Crippen MR) is 141 cm³/mol. The van der Waals surface area contributed by atoms with Gasteiger partial charge in [0.1, 0.15) is 12.7 Å².